The summed E-state index contributed by atoms with van der Waals surface area (Å²) in [7, 11) is 0. The monoisotopic (exact) mass is 346 g/mol. The Labute approximate surface area is 150 Å². The lowest BCUT2D eigenvalue weighted by Gasteiger charge is -2.04. The van der Waals surface area contributed by atoms with E-state index in [0.717, 1.165) is 31.9 Å². The zero-order chi connectivity index (χ0) is 16.8. The van der Waals surface area contributed by atoms with E-state index in [-0.39, 0.29) is 0 Å². The number of hydrogen-bond acceptors (Lipinski definition) is 2. The lowest BCUT2D eigenvalue weighted by atomic mass is 10.1. The van der Waals surface area contributed by atoms with Crippen molar-refractivity contribution in [2.75, 3.05) is 25.9 Å². The first-order valence-electron chi connectivity index (χ1n) is 9.78. The highest BCUT2D eigenvalue weighted by Gasteiger charge is 1.91. The molecule has 3 heteroatoms. The standard InChI is InChI=1S/C20H39ClO2/c1-2-3-4-12-15-18-22-20-23-19-16-13-10-8-6-5-7-9-11-14-17-21/h10,13H,2-9,11-12,14-20H2,1H3. The van der Waals surface area contributed by atoms with Crippen LogP contribution >= 0.6 is 11.6 Å². The molecule has 23 heavy (non-hydrogen) atoms. The van der Waals surface area contributed by atoms with Crippen LogP contribution in [0.5, 0.6) is 0 Å². The van der Waals surface area contributed by atoms with Crippen LogP contribution in [0.15, 0.2) is 12.2 Å². The van der Waals surface area contributed by atoms with E-state index < -0.39 is 0 Å². The van der Waals surface area contributed by atoms with Crippen molar-refractivity contribution >= 4 is 11.6 Å². The summed E-state index contributed by atoms with van der Waals surface area (Å²) in [6.07, 6.45) is 20.9. The predicted octanol–water partition coefficient (Wildman–Crippen LogP) is 6.86. The molecule has 0 spiro atoms. The normalized spacial score (nSPS) is 11.6. The molecule has 0 aliphatic carbocycles. The molecule has 0 aromatic rings. The van der Waals surface area contributed by atoms with Crippen LogP contribution in [0.25, 0.3) is 0 Å². The maximum absolute atomic E-state index is 5.66. The Morgan fingerprint density at radius 3 is 2.04 bits per heavy atom. The van der Waals surface area contributed by atoms with Crippen LogP contribution in [0.1, 0.15) is 90.4 Å². The molecular weight excluding hydrogens is 308 g/mol. The number of alkyl halides is 1. The van der Waals surface area contributed by atoms with Crippen molar-refractivity contribution in [1.29, 1.82) is 0 Å². The number of unbranched alkanes of at least 4 members (excludes halogenated alkanes) is 10. The van der Waals surface area contributed by atoms with Crippen LogP contribution in [-0.4, -0.2) is 25.9 Å². The van der Waals surface area contributed by atoms with Crippen LogP contribution in [-0.2, 0) is 9.47 Å². The highest BCUT2D eigenvalue weighted by molar-refractivity contribution is 6.17. The zero-order valence-corrected chi connectivity index (χ0v) is 16.1. The molecule has 0 saturated heterocycles. The molecule has 0 aromatic carbocycles. The highest BCUT2D eigenvalue weighted by Crippen LogP contribution is 2.08. The minimum absolute atomic E-state index is 0.448. The quantitative estimate of drug-likeness (QED) is 0.110. The molecule has 138 valence electrons. The molecule has 0 atom stereocenters. The van der Waals surface area contributed by atoms with Gasteiger partial charge in [0.25, 0.3) is 0 Å². The van der Waals surface area contributed by atoms with Crippen molar-refractivity contribution in [1.82, 2.24) is 0 Å². The third-order valence-corrected chi connectivity index (χ3v) is 4.18. The molecule has 0 aromatic heterocycles. The summed E-state index contributed by atoms with van der Waals surface area (Å²) in [4.78, 5) is 0. The third kappa shape index (κ3) is 21.9. The molecule has 0 rings (SSSR count). The zero-order valence-electron chi connectivity index (χ0n) is 15.4. The Hall–Kier alpha value is -0.0500. The van der Waals surface area contributed by atoms with E-state index in [1.165, 1.54) is 70.6 Å². The molecule has 0 aliphatic rings. The van der Waals surface area contributed by atoms with Gasteiger partial charge >= 0.3 is 0 Å². The highest BCUT2D eigenvalue weighted by atomic mass is 35.5. The van der Waals surface area contributed by atoms with Crippen LogP contribution in [0.3, 0.4) is 0 Å². The second-order valence-electron chi connectivity index (χ2n) is 6.21. The molecule has 0 fully saturated rings. The fourth-order valence-electron chi connectivity index (χ4n) is 2.44. The third-order valence-electron chi connectivity index (χ3n) is 3.91. The van der Waals surface area contributed by atoms with Crippen molar-refractivity contribution < 1.29 is 9.47 Å². The Balaban J connectivity index is 3.03. The number of ether oxygens (including phenoxy) is 2. The summed E-state index contributed by atoms with van der Waals surface area (Å²) in [6, 6.07) is 0. The summed E-state index contributed by atoms with van der Waals surface area (Å²) in [5.74, 6) is 0.814. The lowest BCUT2D eigenvalue weighted by Crippen LogP contribution is -2.02. The average molecular weight is 347 g/mol. The van der Waals surface area contributed by atoms with Crippen molar-refractivity contribution in [2.45, 2.75) is 90.4 Å². The number of allylic oxidation sites excluding steroid dienone is 1. The molecule has 0 N–H and O–H groups in total. The first-order valence-corrected chi connectivity index (χ1v) is 10.3. The summed E-state index contributed by atoms with van der Waals surface area (Å²) >= 11 is 5.66. The van der Waals surface area contributed by atoms with Gasteiger partial charge in [-0.1, -0.05) is 70.4 Å². The van der Waals surface area contributed by atoms with Gasteiger partial charge in [0.15, 0.2) is 0 Å². The van der Waals surface area contributed by atoms with Crippen LogP contribution < -0.4 is 0 Å². The van der Waals surface area contributed by atoms with E-state index in [1.54, 1.807) is 0 Å². The molecular formula is C20H39ClO2. The summed E-state index contributed by atoms with van der Waals surface area (Å²) in [5.41, 5.74) is 0. The maximum Gasteiger partial charge on any atom is 0.146 e. The summed E-state index contributed by atoms with van der Waals surface area (Å²) in [6.45, 7) is 4.29. The second-order valence-corrected chi connectivity index (χ2v) is 6.59. The molecule has 0 unspecified atom stereocenters. The fourth-order valence-corrected chi connectivity index (χ4v) is 2.62. The minimum Gasteiger partial charge on any atom is -0.355 e. The van der Waals surface area contributed by atoms with Crippen LogP contribution in [0.2, 0.25) is 0 Å². The van der Waals surface area contributed by atoms with Gasteiger partial charge in [0.05, 0.1) is 6.61 Å². The van der Waals surface area contributed by atoms with Crippen LogP contribution in [0.4, 0.5) is 0 Å². The summed E-state index contributed by atoms with van der Waals surface area (Å²) < 4.78 is 10.9. The minimum atomic E-state index is 0.448. The lowest BCUT2D eigenvalue weighted by molar-refractivity contribution is -0.0531. The first-order chi connectivity index (χ1) is 11.4. The molecule has 2 nitrogen and oxygen atoms in total. The van der Waals surface area contributed by atoms with Crippen LogP contribution in [0, 0.1) is 0 Å². The smallest absolute Gasteiger partial charge is 0.146 e. The van der Waals surface area contributed by atoms with Gasteiger partial charge in [-0.3, -0.25) is 0 Å². The van der Waals surface area contributed by atoms with Crippen molar-refractivity contribution in [3.05, 3.63) is 12.2 Å². The SMILES string of the molecule is CCCCCCCOCOCCC=CCCCCCCCCCl. The van der Waals surface area contributed by atoms with E-state index in [4.69, 9.17) is 21.1 Å². The van der Waals surface area contributed by atoms with Gasteiger partial charge in [0.1, 0.15) is 6.79 Å². The predicted molar refractivity (Wildman–Crippen MR) is 102 cm³/mol. The Morgan fingerprint density at radius 2 is 1.26 bits per heavy atom. The topological polar surface area (TPSA) is 18.5 Å². The fraction of sp³-hybridized carbons (Fsp3) is 0.900. The van der Waals surface area contributed by atoms with Gasteiger partial charge < -0.3 is 9.47 Å². The van der Waals surface area contributed by atoms with Gasteiger partial charge in [-0.25, -0.2) is 0 Å². The van der Waals surface area contributed by atoms with Crippen molar-refractivity contribution in [3.8, 4) is 0 Å². The molecule has 0 amide bonds. The largest absolute Gasteiger partial charge is 0.355 e. The van der Waals surface area contributed by atoms with E-state index in [2.05, 4.69) is 19.1 Å². The van der Waals surface area contributed by atoms with Gasteiger partial charge in [-0.2, -0.15) is 0 Å². The molecule has 0 heterocycles. The van der Waals surface area contributed by atoms with Gasteiger partial charge in [-0.15, -0.1) is 11.6 Å². The number of rotatable bonds is 19. The number of hydrogen-bond donors (Lipinski definition) is 0. The van der Waals surface area contributed by atoms with Gasteiger partial charge in [-0.05, 0) is 32.1 Å². The van der Waals surface area contributed by atoms with E-state index in [0.29, 0.717) is 6.79 Å². The average Bonchev–Trinajstić information content (AvgIpc) is 2.57. The van der Waals surface area contributed by atoms with Crippen molar-refractivity contribution in [2.24, 2.45) is 0 Å². The Morgan fingerprint density at radius 1 is 0.652 bits per heavy atom. The number of halogens is 1. The Kier molecular flexibility index (Phi) is 21.9. The molecule has 0 bridgehead atoms. The van der Waals surface area contributed by atoms with E-state index in [9.17, 15) is 0 Å². The first kappa shape index (κ1) is 22.9. The maximum atomic E-state index is 5.66. The van der Waals surface area contributed by atoms with E-state index >= 15 is 0 Å². The van der Waals surface area contributed by atoms with Crippen molar-refractivity contribution in [3.63, 3.8) is 0 Å². The van der Waals surface area contributed by atoms with E-state index in [1.807, 2.05) is 0 Å². The molecule has 0 aliphatic heterocycles. The van der Waals surface area contributed by atoms with Gasteiger partial charge in [0, 0.05) is 12.5 Å². The second kappa shape index (κ2) is 21.9. The van der Waals surface area contributed by atoms with Gasteiger partial charge in [0.2, 0.25) is 0 Å². The Bertz CT molecular complexity index is 232. The molecule has 0 saturated carbocycles. The molecule has 0 radical (unpaired) electrons. The summed E-state index contributed by atoms with van der Waals surface area (Å²) in [5, 5.41) is 0.